The molecule has 1 aliphatic rings. The van der Waals surface area contributed by atoms with E-state index in [2.05, 4.69) is 5.32 Å². The van der Waals surface area contributed by atoms with E-state index in [1.54, 1.807) is 45.0 Å². The minimum absolute atomic E-state index is 0.0480. The Balaban J connectivity index is 2.10. The second-order valence-electron chi connectivity index (χ2n) is 6.75. The first-order valence-corrected chi connectivity index (χ1v) is 9.18. The Kier molecular flexibility index (Phi) is 5.01. The highest BCUT2D eigenvalue weighted by molar-refractivity contribution is 7.91. The number of carbonyl (C=O) groups excluding carboxylic acids is 1. The molecule has 6 nitrogen and oxygen atoms in total. The lowest BCUT2D eigenvalue weighted by molar-refractivity contribution is 0.0509. The Morgan fingerprint density at radius 3 is 2.65 bits per heavy atom. The van der Waals surface area contributed by atoms with Crippen LogP contribution >= 0.6 is 0 Å². The van der Waals surface area contributed by atoms with Crippen LogP contribution in [0.25, 0.3) is 0 Å². The number of nitrogens with one attached hydrogen (secondary N) is 1. The maximum Gasteiger partial charge on any atom is 0.407 e. The van der Waals surface area contributed by atoms with Gasteiger partial charge in [-0.3, -0.25) is 0 Å². The molecule has 1 amide bonds. The fraction of sp³-hybridized carbons (Fsp3) is 0.562. The number of aliphatic hydroxyl groups is 1. The molecule has 0 bridgehead atoms. The molecule has 0 fully saturated rings. The van der Waals surface area contributed by atoms with Crippen LogP contribution in [0.2, 0.25) is 0 Å². The molecule has 0 radical (unpaired) electrons. The molecule has 2 atom stereocenters. The van der Waals surface area contributed by atoms with Crippen molar-refractivity contribution in [2.45, 2.75) is 37.2 Å². The van der Waals surface area contributed by atoms with Crippen molar-refractivity contribution in [3.05, 3.63) is 29.8 Å². The summed E-state index contributed by atoms with van der Waals surface area (Å²) in [5, 5.41) is 12.3. The smallest absolute Gasteiger partial charge is 0.407 e. The van der Waals surface area contributed by atoms with Crippen molar-refractivity contribution >= 4 is 15.9 Å². The SMILES string of the molecule is CC(C)(C)OC(=O)NCC(CO)C1CS(=O)(=O)c2ccccc21. The Hall–Kier alpha value is -1.60. The minimum Gasteiger partial charge on any atom is -0.444 e. The van der Waals surface area contributed by atoms with Crippen molar-refractivity contribution in [1.29, 1.82) is 0 Å². The van der Waals surface area contributed by atoms with Gasteiger partial charge in [0.15, 0.2) is 9.84 Å². The normalized spacial score (nSPS) is 20.6. The molecule has 0 aliphatic carbocycles. The van der Waals surface area contributed by atoms with E-state index >= 15 is 0 Å². The van der Waals surface area contributed by atoms with Crippen LogP contribution in [0, 0.1) is 5.92 Å². The van der Waals surface area contributed by atoms with Gasteiger partial charge in [-0.25, -0.2) is 13.2 Å². The van der Waals surface area contributed by atoms with Crippen LogP contribution in [0.1, 0.15) is 32.3 Å². The van der Waals surface area contributed by atoms with Gasteiger partial charge in [-0.1, -0.05) is 18.2 Å². The van der Waals surface area contributed by atoms with E-state index in [-0.39, 0.29) is 30.7 Å². The molecule has 128 valence electrons. The average molecular weight is 341 g/mol. The Labute approximate surface area is 136 Å². The number of hydrogen-bond donors (Lipinski definition) is 2. The van der Waals surface area contributed by atoms with Gasteiger partial charge in [0.25, 0.3) is 0 Å². The van der Waals surface area contributed by atoms with E-state index in [4.69, 9.17) is 4.74 Å². The van der Waals surface area contributed by atoms with Gasteiger partial charge >= 0.3 is 6.09 Å². The largest absolute Gasteiger partial charge is 0.444 e. The summed E-state index contributed by atoms with van der Waals surface area (Å²) in [6.45, 7) is 5.21. The Bertz CT molecular complexity index is 678. The molecular weight excluding hydrogens is 318 g/mol. The van der Waals surface area contributed by atoms with Gasteiger partial charge in [-0.15, -0.1) is 0 Å². The first-order chi connectivity index (χ1) is 10.6. The van der Waals surface area contributed by atoms with Gasteiger partial charge in [0, 0.05) is 25.0 Å². The number of aliphatic hydroxyl groups excluding tert-OH is 1. The molecule has 0 aromatic heterocycles. The predicted molar refractivity (Wildman–Crippen MR) is 86.0 cm³/mol. The van der Waals surface area contributed by atoms with Crippen molar-refractivity contribution in [2.75, 3.05) is 18.9 Å². The third-order valence-corrected chi connectivity index (χ3v) is 5.60. The van der Waals surface area contributed by atoms with Crippen LogP contribution in [0.4, 0.5) is 4.79 Å². The molecule has 1 aliphatic heterocycles. The Morgan fingerprint density at radius 1 is 1.39 bits per heavy atom. The summed E-state index contributed by atoms with van der Waals surface area (Å²) in [7, 11) is -3.33. The second kappa shape index (κ2) is 6.49. The van der Waals surface area contributed by atoms with Crippen molar-refractivity contribution in [3.63, 3.8) is 0 Å². The van der Waals surface area contributed by atoms with Crippen LogP contribution in [-0.2, 0) is 14.6 Å². The summed E-state index contributed by atoms with van der Waals surface area (Å²) in [5.74, 6) is -0.773. The van der Waals surface area contributed by atoms with E-state index < -0.39 is 21.5 Å². The number of fused-ring (bicyclic) bond motifs is 1. The minimum atomic E-state index is -3.33. The van der Waals surface area contributed by atoms with E-state index in [1.807, 2.05) is 0 Å². The Morgan fingerprint density at radius 2 is 2.04 bits per heavy atom. The highest BCUT2D eigenvalue weighted by Gasteiger charge is 2.38. The lowest BCUT2D eigenvalue weighted by Crippen LogP contribution is -2.38. The molecule has 0 saturated heterocycles. The summed E-state index contributed by atoms with van der Waals surface area (Å²) in [5.41, 5.74) is 0.0970. The maximum atomic E-state index is 12.2. The number of hydrogen-bond acceptors (Lipinski definition) is 5. The van der Waals surface area contributed by atoms with Gasteiger partial charge in [0.05, 0.1) is 10.6 Å². The van der Waals surface area contributed by atoms with E-state index in [9.17, 15) is 18.3 Å². The number of benzene rings is 1. The molecule has 1 heterocycles. The fourth-order valence-electron chi connectivity index (χ4n) is 2.74. The van der Waals surface area contributed by atoms with E-state index in [1.165, 1.54) is 0 Å². The first kappa shape index (κ1) is 17.7. The summed E-state index contributed by atoms with van der Waals surface area (Å²) in [6, 6.07) is 6.81. The standard InChI is InChI=1S/C16H23NO5S/c1-16(2,3)22-15(19)17-8-11(9-18)13-10-23(20,21)14-7-5-4-6-12(13)14/h4-7,11,13,18H,8-10H2,1-3H3,(H,17,19). The zero-order valence-corrected chi connectivity index (χ0v) is 14.4. The van der Waals surface area contributed by atoms with Gasteiger partial charge < -0.3 is 15.2 Å². The number of rotatable bonds is 4. The van der Waals surface area contributed by atoms with E-state index in [0.717, 1.165) is 0 Å². The van der Waals surface area contributed by atoms with Crippen molar-refractivity contribution in [1.82, 2.24) is 5.32 Å². The monoisotopic (exact) mass is 341 g/mol. The molecular formula is C16H23NO5S. The summed E-state index contributed by atoms with van der Waals surface area (Å²) in [4.78, 5) is 12.1. The van der Waals surface area contributed by atoms with Crippen LogP contribution in [-0.4, -0.2) is 44.1 Å². The highest BCUT2D eigenvalue weighted by Crippen LogP contribution is 2.39. The van der Waals surface area contributed by atoms with Crippen molar-refractivity contribution in [3.8, 4) is 0 Å². The number of ether oxygens (including phenoxy) is 1. The lowest BCUT2D eigenvalue weighted by Gasteiger charge is -2.24. The van der Waals surface area contributed by atoms with Crippen LogP contribution in [0.5, 0.6) is 0 Å². The molecule has 0 spiro atoms. The summed E-state index contributed by atoms with van der Waals surface area (Å²) < 4.78 is 29.6. The number of sulfone groups is 1. The molecule has 23 heavy (non-hydrogen) atoms. The molecule has 1 aromatic rings. The summed E-state index contributed by atoms with van der Waals surface area (Å²) in [6.07, 6.45) is -0.579. The van der Waals surface area contributed by atoms with Gasteiger partial charge in [0.2, 0.25) is 0 Å². The molecule has 2 unspecified atom stereocenters. The molecule has 2 N–H and O–H groups in total. The number of amides is 1. The predicted octanol–water partition coefficient (Wildman–Crippen LogP) is 1.69. The molecule has 1 aromatic carbocycles. The number of carbonyl (C=O) groups is 1. The first-order valence-electron chi connectivity index (χ1n) is 7.53. The third-order valence-electron chi connectivity index (χ3n) is 3.76. The topological polar surface area (TPSA) is 92.7 Å². The quantitative estimate of drug-likeness (QED) is 0.869. The van der Waals surface area contributed by atoms with Crippen LogP contribution in [0.3, 0.4) is 0 Å². The average Bonchev–Trinajstić information content (AvgIpc) is 2.70. The maximum absolute atomic E-state index is 12.2. The van der Waals surface area contributed by atoms with Gasteiger partial charge in [-0.05, 0) is 32.4 Å². The zero-order chi connectivity index (χ0) is 17.3. The van der Waals surface area contributed by atoms with Gasteiger partial charge in [0.1, 0.15) is 5.60 Å². The van der Waals surface area contributed by atoms with Crippen LogP contribution < -0.4 is 5.32 Å². The van der Waals surface area contributed by atoms with Gasteiger partial charge in [-0.2, -0.15) is 0 Å². The molecule has 2 rings (SSSR count). The third kappa shape index (κ3) is 4.23. The summed E-state index contributed by atoms with van der Waals surface area (Å²) >= 11 is 0. The molecule has 7 heteroatoms. The van der Waals surface area contributed by atoms with E-state index in [0.29, 0.717) is 10.5 Å². The van der Waals surface area contributed by atoms with Crippen molar-refractivity contribution in [2.24, 2.45) is 5.92 Å². The second-order valence-corrected chi connectivity index (χ2v) is 8.75. The lowest BCUT2D eigenvalue weighted by atomic mass is 9.88. The highest BCUT2D eigenvalue weighted by atomic mass is 32.2. The number of alkyl carbamates (subject to hydrolysis) is 1. The van der Waals surface area contributed by atoms with Crippen LogP contribution in [0.15, 0.2) is 29.2 Å². The zero-order valence-electron chi connectivity index (χ0n) is 13.6. The fourth-order valence-corrected chi connectivity index (χ4v) is 4.71. The van der Waals surface area contributed by atoms with Crippen molar-refractivity contribution < 1.29 is 23.1 Å². The molecule has 0 saturated carbocycles.